The molecule has 118 valence electrons. The van der Waals surface area contributed by atoms with Crippen LogP contribution < -0.4 is 10.1 Å². The smallest absolute Gasteiger partial charge is 0.228 e. The van der Waals surface area contributed by atoms with Crippen LogP contribution in [0.2, 0.25) is 0 Å². The predicted octanol–water partition coefficient (Wildman–Crippen LogP) is 3.65. The van der Waals surface area contributed by atoms with Crippen LogP contribution in [0.4, 0.5) is 5.82 Å². The van der Waals surface area contributed by atoms with Gasteiger partial charge in [-0.1, -0.05) is 32.0 Å². The molecule has 1 aromatic heterocycles. The third-order valence-corrected chi connectivity index (χ3v) is 3.57. The summed E-state index contributed by atoms with van der Waals surface area (Å²) in [5.41, 5.74) is 0. The summed E-state index contributed by atoms with van der Waals surface area (Å²) in [6.45, 7) is 4.60. The number of benzene rings is 1. The number of carbonyl (C=O) groups is 1. The highest BCUT2D eigenvalue weighted by Gasteiger charge is 2.13. The molecule has 5 heteroatoms. The molecular weight excluding hydrogens is 278 g/mol. The fraction of sp³-hybridized carbons (Fsp3) is 0.412. The summed E-state index contributed by atoms with van der Waals surface area (Å²) in [5, 5.41) is 7.22. The van der Waals surface area contributed by atoms with Crippen LogP contribution in [0, 0.1) is 0 Å². The van der Waals surface area contributed by atoms with E-state index in [4.69, 9.17) is 4.74 Å². The molecule has 2 aromatic rings. The summed E-state index contributed by atoms with van der Waals surface area (Å²) in [6.07, 6.45) is 3.99. The van der Waals surface area contributed by atoms with Crippen molar-refractivity contribution in [1.29, 1.82) is 0 Å². The first-order valence-corrected chi connectivity index (χ1v) is 7.75. The normalized spacial score (nSPS) is 10.7. The molecule has 0 bridgehead atoms. The minimum absolute atomic E-state index is 0.0661. The van der Waals surface area contributed by atoms with E-state index >= 15 is 0 Å². The van der Waals surface area contributed by atoms with Gasteiger partial charge in [-0.3, -0.25) is 4.79 Å². The summed E-state index contributed by atoms with van der Waals surface area (Å²) in [7, 11) is 0. The number of anilines is 1. The van der Waals surface area contributed by atoms with Gasteiger partial charge in [-0.15, -0.1) is 0 Å². The molecule has 22 heavy (non-hydrogen) atoms. The van der Waals surface area contributed by atoms with Gasteiger partial charge in [0.25, 0.3) is 0 Å². The van der Waals surface area contributed by atoms with Gasteiger partial charge in [0.05, 0.1) is 25.3 Å². The van der Waals surface area contributed by atoms with E-state index in [9.17, 15) is 4.79 Å². The second kappa shape index (κ2) is 8.22. The molecule has 0 aliphatic heterocycles. The van der Waals surface area contributed by atoms with Gasteiger partial charge < -0.3 is 10.1 Å². The van der Waals surface area contributed by atoms with Gasteiger partial charge >= 0.3 is 0 Å². The Morgan fingerprint density at radius 1 is 1.23 bits per heavy atom. The monoisotopic (exact) mass is 301 g/mol. The molecule has 0 radical (unpaired) electrons. The number of ether oxygens (including phenoxy) is 1. The zero-order valence-electron chi connectivity index (χ0n) is 13.2. The maximum atomic E-state index is 12.0. The van der Waals surface area contributed by atoms with E-state index < -0.39 is 0 Å². The predicted molar refractivity (Wildman–Crippen MR) is 87.0 cm³/mol. The highest BCUT2D eigenvalue weighted by molar-refractivity contribution is 5.89. The lowest BCUT2D eigenvalue weighted by atomic mass is 10.2. The molecule has 0 aliphatic carbocycles. The Morgan fingerprint density at radius 2 is 1.95 bits per heavy atom. The first-order chi connectivity index (χ1) is 10.7. The first kappa shape index (κ1) is 16.1. The van der Waals surface area contributed by atoms with E-state index in [0.717, 1.165) is 24.4 Å². The van der Waals surface area contributed by atoms with Crippen molar-refractivity contribution in [2.45, 2.75) is 39.2 Å². The van der Waals surface area contributed by atoms with Gasteiger partial charge in [0.15, 0.2) is 0 Å². The fourth-order valence-corrected chi connectivity index (χ4v) is 2.32. The zero-order valence-corrected chi connectivity index (χ0v) is 13.2. The van der Waals surface area contributed by atoms with E-state index in [1.807, 2.05) is 41.1 Å². The number of nitrogens with zero attached hydrogens (tertiary/aromatic N) is 2. The molecule has 0 atom stereocenters. The second-order valence-corrected chi connectivity index (χ2v) is 5.09. The van der Waals surface area contributed by atoms with Crippen molar-refractivity contribution in [2.75, 3.05) is 11.9 Å². The molecule has 2 rings (SSSR count). The van der Waals surface area contributed by atoms with Crippen LogP contribution in [0.3, 0.4) is 0 Å². The van der Waals surface area contributed by atoms with Crippen molar-refractivity contribution >= 4 is 11.7 Å². The SMILES string of the molecule is CCC(CC)n1nccc1NC(=O)CCOc1ccccc1. The van der Waals surface area contributed by atoms with Crippen molar-refractivity contribution in [3.05, 3.63) is 42.6 Å². The molecule has 0 spiro atoms. The highest BCUT2D eigenvalue weighted by Crippen LogP contribution is 2.20. The molecule has 1 heterocycles. The molecule has 1 N–H and O–H groups in total. The quantitative estimate of drug-likeness (QED) is 0.809. The molecule has 1 aromatic carbocycles. The molecule has 0 unspecified atom stereocenters. The third kappa shape index (κ3) is 4.35. The number of rotatable bonds is 8. The first-order valence-electron chi connectivity index (χ1n) is 7.75. The van der Waals surface area contributed by atoms with Crippen molar-refractivity contribution in [3.63, 3.8) is 0 Å². The van der Waals surface area contributed by atoms with Crippen LogP contribution >= 0.6 is 0 Å². The Bertz CT molecular complexity index is 577. The lowest BCUT2D eigenvalue weighted by Crippen LogP contribution is -2.19. The standard InChI is InChI=1S/C17H23N3O2/c1-3-14(4-2)20-16(10-12-18-20)19-17(21)11-13-22-15-8-6-5-7-9-15/h5-10,12,14H,3-4,11,13H2,1-2H3,(H,19,21). The molecule has 1 amide bonds. The van der Waals surface area contributed by atoms with E-state index in [1.54, 1.807) is 6.20 Å². The Balaban J connectivity index is 1.84. The summed E-state index contributed by atoms with van der Waals surface area (Å²) < 4.78 is 7.42. The van der Waals surface area contributed by atoms with Crippen LogP contribution in [-0.4, -0.2) is 22.3 Å². The summed E-state index contributed by atoms with van der Waals surface area (Å²) in [6, 6.07) is 11.6. The number of nitrogens with one attached hydrogen (secondary N) is 1. The van der Waals surface area contributed by atoms with Gasteiger partial charge in [0.1, 0.15) is 11.6 Å². The Kier molecular flexibility index (Phi) is 6.01. The largest absolute Gasteiger partial charge is 0.493 e. The maximum Gasteiger partial charge on any atom is 0.228 e. The number of hydrogen-bond donors (Lipinski definition) is 1. The number of aromatic nitrogens is 2. The van der Waals surface area contributed by atoms with Crippen LogP contribution in [-0.2, 0) is 4.79 Å². The van der Waals surface area contributed by atoms with Gasteiger partial charge in [0.2, 0.25) is 5.91 Å². The van der Waals surface area contributed by atoms with E-state index in [0.29, 0.717) is 19.1 Å². The Hall–Kier alpha value is -2.30. The molecule has 0 aliphatic rings. The van der Waals surface area contributed by atoms with Crippen LogP contribution in [0.25, 0.3) is 0 Å². The molecular formula is C17H23N3O2. The number of amides is 1. The van der Waals surface area contributed by atoms with Crippen LogP contribution in [0.5, 0.6) is 5.75 Å². The number of hydrogen-bond acceptors (Lipinski definition) is 3. The zero-order chi connectivity index (χ0) is 15.8. The lowest BCUT2D eigenvalue weighted by molar-refractivity contribution is -0.116. The van der Waals surface area contributed by atoms with Crippen LogP contribution in [0.1, 0.15) is 39.2 Å². The van der Waals surface area contributed by atoms with Crippen LogP contribution in [0.15, 0.2) is 42.6 Å². The Morgan fingerprint density at radius 3 is 2.64 bits per heavy atom. The summed E-state index contributed by atoms with van der Waals surface area (Å²) >= 11 is 0. The van der Waals surface area contributed by atoms with Crippen molar-refractivity contribution < 1.29 is 9.53 Å². The number of carbonyl (C=O) groups excluding carboxylic acids is 1. The fourth-order valence-electron chi connectivity index (χ4n) is 2.32. The molecule has 0 fully saturated rings. The Labute approximate surface area is 131 Å². The van der Waals surface area contributed by atoms with E-state index in [2.05, 4.69) is 24.3 Å². The van der Waals surface area contributed by atoms with Gasteiger partial charge in [-0.05, 0) is 25.0 Å². The highest BCUT2D eigenvalue weighted by atomic mass is 16.5. The van der Waals surface area contributed by atoms with Gasteiger partial charge in [0, 0.05) is 6.07 Å². The molecule has 5 nitrogen and oxygen atoms in total. The maximum absolute atomic E-state index is 12.0. The van der Waals surface area contributed by atoms with E-state index in [1.165, 1.54) is 0 Å². The lowest BCUT2D eigenvalue weighted by Gasteiger charge is -2.17. The number of para-hydroxylation sites is 1. The summed E-state index contributed by atoms with van der Waals surface area (Å²) in [5.74, 6) is 1.46. The second-order valence-electron chi connectivity index (χ2n) is 5.09. The average Bonchev–Trinajstić information content (AvgIpc) is 2.98. The van der Waals surface area contributed by atoms with Gasteiger partial charge in [-0.25, -0.2) is 4.68 Å². The van der Waals surface area contributed by atoms with Gasteiger partial charge in [-0.2, -0.15) is 5.10 Å². The minimum Gasteiger partial charge on any atom is -0.493 e. The molecule has 0 saturated heterocycles. The van der Waals surface area contributed by atoms with E-state index in [-0.39, 0.29) is 5.91 Å². The van der Waals surface area contributed by atoms with Crippen molar-refractivity contribution in [3.8, 4) is 5.75 Å². The minimum atomic E-state index is -0.0661. The summed E-state index contributed by atoms with van der Waals surface area (Å²) in [4.78, 5) is 12.0. The topological polar surface area (TPSA) is 56.2 Å². The van der Waals surface area contributed by atoms with Crippen molar-refractivity contribution in [2.24, 2.45) is 0 Å². The average molecular weight is 301 g/mol. The molecule has 0 saturated carbocycles. The van der Waals surface area contributed by atoms with Crippen molar-refractivity contribution in [1.82, 2.24) is 9.78 Å². The third-order valence-electron chi connectivity index (χ3n) is 3.57.